The average Bonchev–Trinajstić information content (AvgIpc) is 2.51. The second kappa shape index (κ2) is 7.98. The van der Waals surface area contributed by atoms with E-state index >= 15 is 0 Å². The molecule has 1 rings (SSSR count). The van der Waals surface area contributed by atoms with Crippen molar-refractivity contribution in [3.8, 4) is 11.5 Å². The number of esters is 1. The molecule has 0 aromatic heterocycles. The van der Waals surface area contributed by atoms with Crippen LogP contribution in [0.15, 0.2) is 18.2 Å². The largest absolute Gasteiger partial charge is 0.493 e. The van der Waals surface area contributed by atoms with E-state index in [0.29, 0.717) is 18.0 Å². The number of carbonyl (C=O) groups is 2. The molecule has 21 heavy (non-hydrogen) atoms. The van der Waals surface area contributed by atoms with E-state index in [1.54, 1.807) is 33.3 Å². The van der Waals surface area contributed by atoms with Crippen molar-refractivity contribution in [1.29, 1.82) is 0 Å². The third kappa shape index (κ3) is 4.87. The fourth-order valence-electron chi connectivity index (χ4n) is 1.66. The summed E-state index contributed by atoms with van der Waals surface area (Å²) in [6.07, 6.45) is 0. The Kier molecular flexibility index (Phi) is 6.32. The molecule has 0 radical (unpaired) electrons. The van der Waals surface area contributed by atoms with Gasteiger partial charge in [-0.1, -0.05) is 6.07 Å². The van der Waals surface area contributed by atoms with Crippen LogP contribution in [0, 0.1) is 0 Å². The fraction of sp³-hybridized carbons (Fsp3) is 0.429. The zero-order valence-electron chi connectivity index (χ0n) is 12.6. The van der Waals surface area contributed by atoms with E-state index in [2.05, 4.69) is 15.4 Å². The summed E-state index contributed by atoms with van der Waals surface area (Å²) in [5, 5.41) is 5.11. The van der Waals surface area contributed by atoms with Gasteiger partial charge in [0.15, 0.2) is 11.5 Å². The Balaban J connectivity index is 2.55. The number of urea groups is 1. The lowest BCUT2D eigenvalue weighted by atomic mass is 10.2. The molecule has 2 amide bonds. The predicted molar refractivity (Wildman–Crippen MR) is 76.4 cm³/mol. The lowest BCUT2D eigenvalue weighted by Crippen LogP contribution is -2.44. The highest BCUT2D eigenvalue weighted by Gasteiger charge is 2.15. The van der Waals surface area contributed by atoms with Gasteiger partial charge in [0, 0.05) is 6.54 Å². The summed E-state index contributed by atoms with van der Waals surface area (Å²) in [5.74, 6) is 0.696. The smallest absolute Gasteiger partial charge is 0.328 e. The standard InChI is InChI=1S/C14H20N2O5/c1-9(13(17)21-4)16-14(18)15-8-10-5-6-11(19-2)12(7-10)20-3/h5-7,9H,8H2,1-4H3,(H2,15,16,18). The normalized spacial score (nSPS) is 11.2. The van der Waals surface area contributed by atoms with Crippen molar-refractivity contribution >= 4 is 12.0 Å². The molecule has 0 aliphatic rings. The van der Waals surface area contributed by atoms with Crippen molar-refractivity contribution in [3.05, 3.63) is 23.8 Å². The van der Waals surface area contributed by atoms with Crippen molar-refractivity contribution < 1.29 is 23.8 Å². The van der Waals surface area contributed by atoms with E-state index in [0.717, 1.165) is 5.56 Å². The highest BCUT2D eigenvalue weighted by Crippen LogP contribution is 2.27. The van der Waals surface area contributed by atoms with E-state index < -0.39 is 18.0 Å². The first-order valence-corrected chi connectivity index (χ1v) is 6.35. The van der Waals surface area contributed by atoms with Crippen LogP contribution in [0.1, 0.15) is 12.5 Å². The van der Waals surface area contributed by atoms with Crippen molar-refractivity contribution in [3.63, 3.8) is 0 Å². The molecule has 7 nitrogen and oxygen atoms in total. The topological polar surface area (TPSA) is 85.9 Å². The van der Waals surface area contributed by atoms with Gasteiger partial charge in [-0.05, 0) is 24.6 Å². The lowest BCUT2D eigenvalue weighted by molar-refractivity contribution is -0.142. The van der Waals surface area contributed by atoms with E-state index in [1.165, 1.54) is 7.11 Å². The number of methoxy groups -OCH3 is 3. The van der Waals surface area contributed by atoms with E-state index in [-0.39, 0.29) is 0 Å². The number of carbonyl (C=O) groups excluding carboxylic acids is 2. The molecule has 116 valence electrons. The Labute approximate surface area is 123 Å². The molecule has 0 aliphatic heterocycles. The molecule has 1 unspecified atom stereocenters. The van der Waals surface area contributed by atoms with E-state index in [1.807, 2.05) is 6.07 Å². The Morgan fingerprint density at radius 1 is 1.14 bits per heavy atom. The van der Waals surface area contributed by atoms with Gasteiger partial charge in [-0.3, -0.25) is 0 Å². The van der Waals surface area contributed by atoms with Crippen LogP contribution in [0.4, 0.5) is 4.79 Å². The number of benzene rings is 1. The second-order valence-electron chi connectivity index (χ2n) is 4.26. The van der Waals surface area contributed by atoms with Crippen LogP contribution in [0.25, 0.3) is 0 Å². The van der Waals surface area contributed by atoms with Crippen LogP contribution < -0.4 is 20.1 Å². The molecule has 2 N–H and O–H groups in total. The summed E-state index contributed by atoms with van der Waals surface area (Å²) in [6, 6.07) is 4.17. The highest BCUT2D eigenvalue weighted by molar-refractivity contribution is 5.83. The van der Waals surface area contributed by atoms with Crippen LogP contribution in [0.5, 0.6) is 11.5 Å². The average molecular weight is 296 g/mol. The summed E-state index contributed by atoms with van der Waals surface area (Å²) in [5.41, 5.74) is 0.841. The molecule has 1 atom stereocenters. The molecule has 1 aromatic carbocycles. The Morgan fingerprint density at radius 2 is 1.81 bits per heavy atom. The van der Waals surface area contributed by atoms with Gasteiger partial charge in [-0.15, -0.1) is 0 Å². The van der Waals surface area contributed by atoms with Crippen molar-refractivity contribution in [2.45, 2.75) is 19.5 Å². The maximum absolute atomic E-state index is 11.6. The molecule has 7 heteroatoms. The summed E-state index contributed by atoms with van der Waals surface area (Å²) in [7, 11) is 4.36. The van der Waals surface area contributed by atoms with E-state index in [9.17, 15) is 9.59 Å². The number of hydrogen-bond acceptors (Lipinski definition) is 5. The molecule has 0 aliphatic carbocycles. The summed E-state index contributed by atoms with van der Waals surface area (Å²) >= 11 is 0. The van der Waals surface area contributed by atoms with Gasteiger partial charge in [0.2, 0.25) is 0 Å². The molecule has 0 heterocycles. The van der Waals surface area contributed by atoms with Gasteiger partial charge in [0.05, 0.1) is 21.3 Å². The molecule has 0 saturated carbocycles. The van der Waals surface area contributed by atoms with Crippen LogP contribution in [-0.2, 0) is 16.1 Å². The van der Waals surface area contributed by atoms with Crippen LogP contribution in [0.2, 0.25) is 0 Å². The summed E-state index contributed by atoms with van der Waals surface area (Å²) in [6.45, 7) is 1.84. The van der Waals surface area contributed by atoms with Crippen LogP contribution >= 0.6 is 0 Å². The molecular weight excluding hydrogens is 276 g/mol. The van der Waals surface area contributed by atoms with Gasteiger partial charge >= 0.3 is 12.0 Å². The van der Waals surface area contributed by atoms with Gasteiger partial charge in [0.1, 0.15) is 6.04 Å². The Hall–Kier alpha value is -2.44. The quantitative estimate of drug-likeness (QED) is 0.767. The first-order valence-electron chi connectivity index (χ1n) is 6.35. The van der Waals surface area contributed by atoms with Crippen molar-refractivity contribution in [2.24, 2.45) is 0 Å². The predicted octanol–water partition coefficient (Wildman–Crippen LogP) is 1.06. The lowest BCUT2D eigenvalue weighted by Gasteiger charge is -2.13. The maximum atomic E-state index is 11.6. The monoisotopic (exact) mass is 296 g/mol. The van der Waals surface area contributed by atoms with Gasteiger partial charge in [0.25, 0.3) is 0 Å². The number of hydrogen-bond donors (Lipinski definition) is 2. The molecule has 0 saturated heterocycles. The van der Waals surface area contributed by atoms with Gasteiger partial charge in [-0.2, -0.15) is 0 Å². The zero-order valence-corrected chi connectivity index (χ0v) is 12.6. The highest BCUT2D eigenvalue weighted by atomic mass is 16.5. The van der Waals surface area contributed by atoms with Crippen molar-refractivity contribution in [2.75, 3.05) is 21.3 Å². The second-order valence-corrected chi connectivity index (χ2v) is 4.26. The van der Waals surface area contributed by atoms with Crippen LogP contribution in [-0.4, -0.2) is 39.4 Å². The number of nitrogens with one attached hydrogen (secondary N) is 2. The first-order chi connectivity index (χ1) is 10.0. The molecular formula is C14H20N2O5. The summed E-state index contributed by atoms with van der Waals surface area (Å²) < 4.78 is 14.8. The third-order valence-electron chi connectivity index (χ3n) is 2.80. The minimum absolute atomic E-state index is 0.292. The first kappa shape index (κ1) is 16.6. The fourth-order valence-corrected chi connectivity index (χ4v) is 1.66. The minimum atomic E-state index is -0.708. The van der Waals surface area contributed by atoms with Gasteiger partial charge in [-0.25, -0.2) is 9.59 Å². The molecule has 0 spiro atoms. The molecule has 0 bridgehead atoms. The zero-order chi connectivity index (χ0) is 15.8. The Morgan fingerprint density at radius 3 is 2.38 bits per heavy atom. The number of rotatable bonds is 6. The molecule has 1 aromatic rings. The Bertz CT molecular complexity index is 504. The van der Waals surface area contributed by atoms with Crippen LogP contribution in [0.3, 0.4) is 0 Å². The maximum Gasteiger partial charge on any atom is 0.328 e. The third-order valence-corrected chi connectivity index (χ3v) is 2.80. The minimum Gasteiger partial charge on any atom is -0.493 e. The number of ether oxygens (including phenoxy) is 3. The van der Waals surface area contributed by atoms with Crippen molar-refractivity contribution in [1.82, 2.24) is 10.6 Å². The van der Waals surface area contributed by atoms with Gasteiger partial charge < -0.3 is 24.8 Å². The SMILES string of the molecule is COC(=O)C(C)NC(=O)NCc1ccc(OC)c(OC)c1. The van der Waals surface area contributed by atoms with E-state index in [4.69, 9.17) is 9.47 Å². The molecule has 0 fully saturated rings. The summed E-state index contributed by atoms with van der Waals surface area (Å²) in [4.78, 5) is 22.8. The number of amides is 2.